The Morgan fingerprint density at radius 3 is 2.64 bits per heavy atom. The first-order chi connectivity index (χ1) is 18.9. The summed E-state index contributed by atoms with van der Waals surface area (Å²) in [6.07, 6.45) is 3.13. The quantitative estimate of drug-likeness (QED) is 0.399. The Bertz CT molecular complexity index is 1560. The molecular weight excluding hydrogens is 516 g/mol. The van der Waals surface area contributed by atoms with Gasteiger partial charge in [-0.05, 0) is 32.5 Å². The fourth-order valence-corrected chi connectivity index (χ4v) is 6.05. The molecule has 39 heavy (non-hydrogen) atoms. The summed E-state index contributed by atoms with van der Waals surface area (Å²) >= 11 is 1.29. The fourth-order valence-electron chi connectivity index (χ4n) is 5.05. The highest BCUT2D eigenvalue weighted by atomic mass is 32.1. The Labute approximate surface area is 231 Å². The predicted octanol–water partition coefficient (Wildman–Crippen LogP) is 2.93. The standard InChI is InChI=1S/C29H34N4O5S/c1-5-9-21-25(28(35)37-6-2)26(20-10-7-8-11-22(20)36-4)33-27(34)23(39-29(33)30-21)18-19-12-13-24(38-19)32-16-14-31(3)15-17-32/h7-8,10-13,18,26H,5-6,9,14-17H2,1-4H3/b23-18-/t26-/m0/s1. The van der Waals surface area contributed by atoms with Crippen molar-refractivity contribution < 1.29 is 18.7 Å². The largest absolute Gasteiger partial charge is 0.496 e. The molecule has 0 aliphatic carbocycles. The molecule has 4 heterocycles. The van der Waals surface area contributed by atoms with Crippen molar-refractivity contribution in [2.75, 3.05) is 51.8 Å². The van der Waals surface area contributed by atoms with Crippen molar-refractivity contribution in [1.29, 1.82) is 0 Å². The molecule has 0 saturated carbocycles. The number of aromatic nitrogens is 1. The second kappa shape index (κ2) is 11.6. The molecule has 5 rings (SSSR count). The second-order valence-corrected chi connectivity index (χ2v) is 10.6. The summed E-state index contributed by atoms with van der Waals surface area (Å²) in [6.45, 7) is 7.75. The Morgan fingerprint density at radius 1 is 1.15 bits per heavy atom. The van der Waals surface area contributed by atoms with Crippen molar-refractivity contribution in [2.45, 2.75) is 32.7 Å². The van der Waals surface area contributed by atoms with E-state index in [1.165, 1.54) is 11.3 Å². The van der Waals surface area contributed by atoms with Gasteiger partial charge in [0, 0.05) is 43.9 Å². The van der Waals surface area contributed by atoms with E-state index in [2.05, 4.69) is 16.8 Å². The number of carbonyl (C=O) groups excluding carboxylic acids is 1. The van der Waals surface area contributed by atoms with Crippen LogP contribution in [-0.2, 0) is 9.53 Å². The number of allylic oxidation sites excluding steroid dienone is 1. The SMILES string of the molecule is CCCC1=C(C(=O)OCC)[C@H](c2ccccc2OC)n2c(s/c(=C\c3ccc(N4CCN(C)CC4)o3)c2=O)=N1. The summed E-state index contributed by atoms with van der Waals surface area (Å²) in [7, 11) is 3.69. The number of benzene rings is 1. The van der Waals surface area contributed by atoms with Crippen molar-refractivity contribution >= 4 is 29.3 Å². The zero-order valence-corrected chi connectivity index (χ0v) is 23.6. The summed E-state index contributed by atoms with van der Waals surface area (Å²) < 4.78 is 19.3. The highest BCUT2D eigenvalue weighted by molar-refractivity contribution is 7.07. The predicted molar refractivity (Wildman–Crippen MR) is 151 cm³/mol. The normalized spacial score (nSPS) is 18.2. The van der Waals surface area contributed by atoms with Crippen LogP contribution in [0.15, 0.2) is 61.9 Å². The van der Waals surface area contributed by atoms with Gasteiger partial charge in [0.2, 0.25) is 0 Å². The van der Waals surface area contributed by atoms with Gasteiger partial charge < -0.3 is 23.7 Å². The number of likely N-dealkylation sites (N-methyl/N-ethyl adjacent to an activating group) is 1. The number of furan rings is 1. The number of methoxy groups -OCH3 is 1. The van der Waals surface area contributed by atoms with Crippen molar-refractivity contribution in [3.63, 3.8) is 0 Å². The number of thiazole rings is 1. The van der Waals surface area contributed by atoms with Crippen molar-refractivity contribution in [3.05, 3.63) is 78.7 Å². The molecule has 1 saturated heterocycles. The molecule has 0 N–H and O–H groups in total. The number of rotatable bonds is 8. The van der Waals surface area contributed by atoms with Gasteiger partial charge in [0.15, 0.2) is 10.7 Å². The lowest BCUT2D eigenvalue weighted by atomic mass is 9.93. The number of piperazine rings is 1. The number of nitrogens with zero attached hydrogens (tertiary/aromatic N) is 4. The van der Waals surface area contributed by atoms with E-state index in [1.807, 2.05) is 43.3 Å². The van der Waals surface area contributed by atoms with Crippen LogP contribution in [0.3, 0.4) is 0 Å². The molecule has 0 unspecified atom stereocenters. The first-order valence-electron chi connectivity index (χ1n) is 13.3. The number of fused-ring (bicyclic) bond motifs is 1. The van der Waals surface area contributed by atoms with E-state index in [0.717, 1.165) is 38.5 Å². The lowest BCUT2D eigenvalue weighted by molar-refractivity contribution is -0.139. The minimum absolute atomic E-state index is 0.221. The van der Waals surface area contributed by atoms with E-state index in [1.54, 1.807) is 24.7 Å². The highest BCUT2D eigenvalue weighted by Gasteiger charge is 2.35. The smallest absolute Gasteiger partial charge is 0.338 e. The topological polar surface area (TPSA) is 89.5 Å². The van der Waals surface area contributed by atoms with Crippen LogP contribution in [0, 0.1) is 0 Å². The number of ether oxygens (including phenoxy) is 2. The average Bonchev–Trinajstić information content (AvgIpc) is 3.53. The van der Waals surface area contributed by atoms with Gasteiger partial charge in [0.05, 0.1) is 29.5 Å². The van der Waals surface area contributed by atoms with Crippen molar-refractivity contribution in [1.82, 2.24) is 9.47 Å². The van der Waals surface area contributed by atoms with Crippen LogP contribution in [0.2, 0.25) is 0 Å². The molecule has 2 aliphatic rings. The number of anilines is 1. The fraction of sp³-hybridized carbons (Fsp3) is 0.414. The molecule has 3 aromatic rings. The van der Waals surface area contributed by atoms with Gasteiger partial charge in [-0.15, -0.1) is 0 Å². The minimum Gasteiger partial charge on any atom is -0.496 e. The van der Waals surface area contributed by atoms with Gasteiger partial charge >= 0.3 is 5.97 Å². The van der Waals surface area contributed by atoms with E-state index in [9.17, 15) is 9.59 Å². The van der Waals surface area contributed by atoms with E-state index < -0.39 is 12.0 Å². The number of para-hydroxylation sites is 1. The maximum Gasteiger partial charge on any atom is 0.338 e. The van der Waals surface area contributed by atoms with Crippen LogP contribution in [0.5, 0.6) is 5.75 Å². The van der Waals surface area contributed by atoms with Crippen molar-refractivity contribution in [3.8, 4) is 5.75 Å². The average molecular weight is 551 g/mol. The highest BCUT2D eigenvalue weighted by Crippen LogP contribution is 2.36. The summed E-state index contributed by atoms with van der Waals surface area (Å²) in [5, 5.41) is 0. The number of hydrogen-bond acceptors (Lipinski definition) is 9. The summed E-state index contributed by atoms with van der Waals surface area (Å²) in [5.41, 5.74) is 1.46. The third-order valence-electron chi connectivity index (χ3n) is 7.03. The third-order valence-corrected chi connectivity index (χ3v) is 8.01. The first kappa shape index (κ1) is 27.0. The Balaban J connectivity index is 1.64. The van der Waals surface area contributed by atoms with Gasteiger partial charge in [0.25, 0.3) is 5.56 Å². The molecule has 1 aromatic carbocycles. The van der Waals surface area contributed by atoms with Gasteiger partial charge in [0.1, 0.15) is 17.6 Å². The summed E-state index contributed by atoms with van der Waals surface area (Å²) in [4.78, 5) is 37.1. The maximum absolute atomic E-state index is 13.9. The molecule has 1 atom stereocenters. The molecule has 1 fully saturated rings. The van der Waals surface area contributed by atoms with Gasteiger partial charge in [-0.25, -0.2) is 9.79 Å². The summed E-state index contributed by atoms with van der Waals surface area (Å²) in [5.74, 6) is 1.50. The van der Waals surface area contributed by atoms with Crippen LogP contribution in [0.25, 0.3) is 6.08 Å². The second-order valence-electron chi connectivity index (χ2n) is 9.62. The lowest BCUT2D eigenvalue weighted by Gasteiger charge is -2.32. The van der Waals surface area contributed by atoms with E-state index in [0.29, 0.717) is 44.1 Å². The lowest BCUT2D eigenvalue weighted by Crippen LogP contribution is -2.44. The van der Waals surface area contributed by atoms with Crippen LogP contribution in [0.4, 0.5) is 5.88 Å². The van der Waals surface area contributed by atoms with Crippen LogP contribution < -0.4 is 24.5 Å². The van der Waals surface area contributed by atoms with Gasteiger partial charge in [-0.3, -0.25) is 9.36 Å². The first-order valence-corrected chi connectivity index (χ1v) is 14.1. The zero-order chi connectivity index (χ0) is 27.5. The van der Waals surface area contributed by atoms with Crippen molar-refractivity contribution in [2.24, 2.45) is 4.99 Å². The third kappa shape index (κ3) is 5.31. The molecule has 2 aliphatic heterocycles. The van der Waals surface area contributed by atoms with E-state index in [4.69, 9.17) is 18.9 Å². The Hall–Kier alpha value is -3.63. The monoisotopic (exact) mass is 550 g/mol. The molecule has 9 nitrogen and oxygen atoms in total. The molecular formula is C29H34N4O5S. The van der Waals surface area contributed by atoms with Crippen LogP contribution in [0.1, 0.15) is 44.1 Å². The van der Waals surface area contributed by atoms with E-state index in [-0.39, 0.29) is 12.2 Å². The van der Waals surface area contributed by atoms with E-state index >= 15 is 0 Å². The Kier molecular flexibility index (Phi) is 8.04. The minimum atomic E-state index is -0.724. The summed E-state index contributed by atoms with van der Waals surface area (Å²) in [6, 6.07) is 10.6. The maximum atomic E-state index is 13.9. The molecule has 206 valence electrons. The molecule has 0 bridgehead atoms. The molecule has 0 radical (unpaired) electrons. The number of carbonyl (C=O) groups is 1. The van der Waals surface area contributed by atoms with Gasteiger partial charge in [-0.2, -0.15) is 0 Å². The van der Waals surface area contributed by atoms with Crippen LogP contribution >= 0.6 is 11.3 Å². The molecule has 10 heteroatoms. The molecule has 2 aromatic heterocycles. The molecule has 0 spiro atoms. The number of esters is 1. The van der Waals surface area contributed by atoms with Crippen LogP contribution in [-0.4, -0.2) is 62.4 Å². The van der Waals surface area contributed by atoms with Gasteiger partial charge in [-0.1, -0.05) is 42.9 Å². The zero-order valence-electron chi connectivity index (χ0n) is 22.8. The number of hydrogen-bond donors (Lipinski definition) is 0. The Morgan fingerprint density at radius 2 is 1.92 bits per heavy atom. The molecule has 0 amide bonds.